The van der Waals surface area contributed by atoms with E-state index in [1.807, 2.05) is 31.2 Å². The van der Waals surface area contributed by atoms with Crippen molar-refractivity contribution in [3.63, 3.8) is 0 Å². The van der Waals surface area contributed by atoms with Crippen LogP contribution in [0, 0.1) is 6.92 Å². The Hall–Kier alpha value is -3.42. The van der Waals surface area contributed by atoms with Gasteiger partial charge in [-0.05, 0) is 47.7 Å². The maximum Gasteiger partial charge on any atom is 0.295 e. The molecule has 0 aromatic heterocycles. The maximum absolute atomic E-state index is 13.4. The third-order valence-electron chi connectivity index (χ3n) is 7.04. The summed E-state index contributed by atoms with van der Waals surface area (Å²) in [5, 5.41) is 11.5. The Bertz CT molecular complexity index is 1180. The zero-order chi connectivity index (χ0) is 26.5. The third-order valence-corrected chi connectivity index (χ3v) is 7.04. The summed E-state index contributed by atoms with van der Waals surface area (Å²) < 4.78 is 11.0. The molecule has 0 aliphatic carbocycles. The zero-order valence-corrected chi connectivity index (χ0v) is 21.9. The van der Waals surface area contributed by atoms with Gasteiger partial charge >= 0.3 is 0 Å². The van der Waals surface area contributed by atoms with E-state index in [9.17, 15) is 14.7 Å². The van der Waals surface area contributed by atoms with Gasteiger partial charge in [0, 0.05) is 31.7 Å². The van der Waals surface area contributed by atoms with Crippen molar-refractivity contribution in [1.29, 1.82) is 0 Å². The fraction of sp³-hybridized carbons (Fsp3) is 0.400. The van der Waals surface area contributed by atoms with E-state index in [0.717, 1.165) is 24.2 Å². The molecule has 2 heterocycles. The first kappa shape index (κ1) is 26.6. The van der Waals surface area contributed by atoms with Gasteiger partial charge in [-0.2, -0.15) is 0 Å². The highest BCUT2D eigenvalue weighted by molar-refractivity contribution is 6.46. The van der Waals surface area contributed by atoms with Crippen molar-refractivity contribution < 1.29 is 24.2 Å². The molecule has 4 rings (SSSR count). The van der Waals surface area contributed by atoms with Gasteiger partial charge in [0.2, 0.25) is 0 Å². The van der Waals surface area contributed by atoms with Gasteiger partial charge in [-0.1, -0.05) is 50.8 Å². The Morgan fingerprint density at radius 3 is 2.46 bits per heavy atom. The number of aliphatic hydroxyl groups excluding tert-OH is 1. The van der Waals surface area contributed by atoms with E-state index in [-0.39, 0.29) is 11.3 Å². The van der Waals surface area contributed by atoms with E-state index in [4.69, 9.17) is 9.47 Å². The van der Waals surface area contributed by atoms with E-state index in [2.05, 4.69) is 25.3 Å². The largest absolute Gasteiger partial charge is 0.507 e. The first-order chi connectivity index (χ1) is 17.8. The second kappa shape index (κ2) is 11.8. The maximum atomic E-state index is 13.4. The lowest BCUT2D eigenvalue weighted by molar-refractivity contribution is -0.140. The Balaban J connectivity index is 1.73. The summed E-state index contributed by atoms with van der Waals surface area (Å²) in [4.78, 5) is 30.5. The molecule has 1 atom stereocenters. The van der Waals surface area contributed by atoms with Gasteiger partial charge in [0.05, 0.1) is 24.8 Å². The number of carbonyl (C=O) groups excluding carboxylic acids is 2. The zero-order valence-electron chi connectivity index (χ0n) is 21.9. The number of ether oxygens (including phenoxy) is 2. The number of aryl methyl sites for hydroxylation is 1. The summed E-state index contributed by atoms with van der Waals surface area (Å²) in [6.07, 6.45) is 1.66. The van der Waals surface area contributed by atoms with Crippen molar-refractivity contribution in [3.05, 3.63) is 82.9 Å². The standard InChI is InChI=1S/C30H36N2O5/c1-5-16-37-24-10-11-25(21(4)19-24)28(33)26-27(23-8-6-22(7-9-23)20(2)3)32(30(35)29(26)34)13-12-31-14-17-36-18-15-31/h5-11,19-20,27,33H,1,12-18H2,2-4H3/b28-26-. The van der Waals surface area contributed by atoms with E-state index in [0.29, 0.717) is 50.1 Å². The topological polar surface area (TPSA) is 79.3 Å². The minimum atomic E-state index is -0.668. The van der Waals surface area contributed by atoms with Crippen LogP contribution in [0.4, 0.5) is 0 Å². The second-order valence-corrected chi connectivity index (χ2v) is 9.84. The second-order valence-electron chi connectivity index (χ2n) is 9.84. The van der Waals surface area contributed by atoms with Gasteiger partial charge in [0.15, 0.2) is 0 Å². The van der Waals surface area contributed by atoms with Crippen molar-refractivity contribution in [3.8, 4) is 5.75 Å². The molecule has 2 aliphatic rings. The molecule has 0 spiro atoms. The predicted octanol–water partition coefficient (Wildman–Crippen LogP) is 4.44. The van der Waals surface area contributed by atoms with Crippen molar-refractivity contribution in [2.24, 2.45) is 0 Å². The summed E-state index contributed by atoms with van der Waals surface area (Å²) in [7, 11) is 0. The lowest BCUT2D eigenvalue weighted by atomic mass is 9.92. The Morgan fingerprint density at radius 2 is 1.84 bits per heavy atom. The third kappa shape index (κ3) is 5.78. The van der Waals surface area contributed by atoms with Crippen LogP contribution in [0.2, 0.25) is 0 Å². The molecular weight excluding hydrogens is 468 g/mol. The van der Waals surface area contributed by atoms with Crippen LogP contribution in [0.5, 0.6) is 5.75 Å². The van der Waals surface area contributed by atoms with Crippen LogP contribution in [0.3, 0.4) is 0 Å². The lowest BCUT2D eigenvalue weighted by Crippen LogP contribution is -2.42. The Kier molecular flexibility index (Phi) is 8.46. The number of amides is 1. The van der Waals surface area contributed by atoms with Crippen LogP contribution in [0.25, 0.3) is 5.76 Å². The average Bonchev–Trinajstić information content (AvgIpc) is 3.16. The molecule has 1 amide bonds. The number of morpholine rings is 1. The molecule has 2 aromatic rings. The highest BCUT2D eigenvalue weighted by Gasteiger charge is 2.46. The number of likely N-dealkylation sites (tertiary alicyclic amines) is 1. The number of hydrogen-bond donors (Lipinski definition) is 1. The molecule has 7 heteroatoms. The Labute approximate surface area is 219 Å². The van der Waals surface area contributed by atoms with Crippen LogP contribution < -0.4 is 4.74 Å². The normalized spacial score (nSPS) is 20.0. The number of carbonyl (C=O) groups is 2. The monoisotopic (exact) mass is 504 g/mol. The molecular formula is C30H36N2O5. The molecule has 0 bridgehead atoms. The summed E-state index contributed by atoms with van der Waals surface area (Å²) in [6.45, 7) is 14.0. The number of aliphatic hydroxyl groups is 1. The van der Waals surface area contributed by atoms with Crippen LogP contribution in [-0.4, -0.2) is 72.6 Å². The minimum Gasteiger partial charge on any atom is -0.507 e. The molecule has 2 aliphatic heterocycles. The van der Waals surface area contributed by atoms with Crippen LogP contribution in [-0.2, 0) is 14.3 Å². The van der Waals surface area contributed by atoms with Crippen LogP contribution in [0.15, 0.2) is 60.7 Å². The van der Waals surface area contributed by atoms with E-state index in [1.54, 1.807) is 29.2 Å². The van der Waals surface area contributed by atoms with Gasteiger partial charge in [-0.3, -0.25) is 14.5 Å². The molecule has 196 valence electrons. The van der Waals surface area contributed by atoms with E-state index >= 15 is 0 Å². The first-order valence-corrected chi connectivity index (χ1v) is 12.8. The summed E-state index contributed by atoms with van der Waals surface area (Å²) in [5.41, 5.74) is 3.33. The number of hydrogen-bond acceptors (Lipinski definition) is 6. The highest BCUT2D eigenvalue weighted by atomic mass is 16.5. The first-order valence-electron chi connectivity index (χ1n) is 12.8. The van der Waals surface area contributed by atoms with E-state index in [1.165, 1.54) is 5.56 Å². The van der Waals surface area contributed by atoms with Gasteiger partial charge in [0.1, 0.15) is 18.1 Å². The molecule has 37 heavy (non-hydrogen) atoms. The van der Waals surface area contributed by atoms with Crippen molar-refractivity contribution in [1.82, 2.24) is 9.80 Å². The summed E-state index contributed by atoms with van der Waals surface area (Å²) in [5.74, 6) is -0.426. The molecule has 7 nitrogen and oxygen atoms in total. The molecule has 2 aromatic carbocycles. The summed E-state index contributed by atoms with van der Waals surface area (Å²) in [6, 6.07) is 12.6. The molecule has 2 fully saturated rings. The number of nitrogens with zero attached hydrogens (tertiary/aromatic N) is 2. The van der Waals surface area contributed by atoms with E-state index < -0.39 is 17.7 Å². The molecule has 1 unspecified atom stereocenters. The Morgan fingerprint density at radius 1 is 1.14 bits per heavy atom. The highest BCUT2D eigenvalue weighted by Crippen LogP contribution is 2.40. The number of ketones is 1. The molecule has 0 radical (unpaired) electrons. The van der Waals surface area contributed by atoms with Crippen LogP contribution in [0.1, 0.15) is 48.1 Å². The van der Waals surface area contributed by atoms with Crippen LogP contribution >= 0.6 is 0 Å². The minimum absolute atomic E-state index is 0.118. The predicted molar refractivity (Wildman–Crippen MR) is 144 cm³/mol. The van der Waals surface area contributed by atoms with Crippen molar-refractivity contribution in [2.75, 3.05) is 46.0 Å². The summed E-state index contributed by atoms with van der Waals surface area (Å²) >= 11 is 0. The number of rotatable bonds is 9. The van der Waals surface area contributed by atoms with Gasteiger partial charge in [0.25, 0.3) is 11.7 Å². The smallest absolute Gasteiger partial charge is 0.295 e. The van der Waals surface area contributed by atoms with Crippen molar-refractivity contribution in [2.45, 2.75) is 32.7 Å². The SMILES string of the molecule is C=CCOc1ccc(/C(O)=C2/C(=O)C(=O)N(CCN3CCOCC3)C2c2ccc(C(C)C)cc2)c(C)c1. The number of Topliss-reactive ketones (excluding diaryl/α,β-unsaturated/α-hetero) is 1. The molecule has 0 saturated carbocycles. The van der Waals surface area contributed by atoms with Gasteiger partial charge in [-0.25, -0.2) is 0 Å². The van der Waals surface area contributed by atoms with Crippen molar-refractivity contribution >= 4 is 17.4 Å². The molecule has 1 N–H and O–H groups in total. The molecule has 2 saturated heterocycles. The fourth-order valence-electron chi connectivity index (χ4n) is 4.89. The van der Waals surface area contributed by atoms with Gasteiger partial charge in [-0.15, -0.1) is 0 Å². The fourth-order valence-corrected chi connectivity index (χ4v) is 4.89. The lowest BCUT2D eigenvalue weighted by Gasteiger charge is -2.31. The quantitative estimate of drug-likeness (QED) is 0.236. The number of benzene rings is 2. The van der Waals surface area contributed by atoms with Gasteiger partial charge < -0.3 is 19.5 Å². The average molecular weight is 505 g/mol.